The minimum Gasteiger partial charge on any atom is -0.493 e. The number of hydrogen-bond donors (Lipinski definition) is 0. The molecule has 0 fully saturated rings. The van der Waals surface area contributed by atoms with Crippen LogP contribution in [0.4, 0.5) is 0 Å². The molecule has 4 aromatic rings. The molecule has 8 heteroatoms. The van der Waals surface area contributed by atoms with E-state index in [1.807, 2.05) is 40.3 Å². The number of amides is 1. The summed E-state index contributed by atoms with van der Waals surface area (Å²) in [6.45, 7) is 4.29. The zero-order valence-electron chi connectivity index (χ0n) is 19.6. The van der Waals surface area contributed by atoms with Crippen LogP contribution in [-0.4, -0.2) is 40.4 Å². The van der Waals surface area contributed by atoms with Crippen molar-refractivity contribution >= 4 is 34.0 Å². The number of aryl methyl sites for hydroxylation is 2. The summed E-state index contributed by atoms with van der Waals surface area (Å²) in [7, 11) is 3.22. The first-order valence-corrected chi connectivity index (χ1v) is 11.9. The van der Waals surface area contributed by atoms with E-state index in [0.717, 1.165) is 27.2 Å². The van der Waals surface area contributed by atoms with Crippen molar-refractivity contribution in [3.05, 3.63) is 75.7 Å². The number of benzene rings is 2. The van der Waals surface area contributed by atoms with Gasteiger partial charge in [0, 0.05) is 6.42 Å². The van der Waals surface area contributed by atoms with E-state index in [1.165, 1.54) is 11.1 Å². The lowest BCUT2D eigenvalue weighted by atomic mass is 10.0. The molecule has 0 bridgehead atoms. The first-order valence-electron chi connectivity index (χ1n) is 11.1. The normalized spacial score (nSPS) is 15.6. The Balaban J connectivity index is 1.50. The monoisotopic (exact) mass is 474 g/mol. The third kappa shape index (κ3) is 3.94. The summed E-state index contributed by atoms with van der Waals surface area (Å²) in [5, 5.41) is 8.42. The number of nitrogens with zero attached hydrogens (tertiary/aromatic N) is 4. The number of thiophene rings is 1. The van der Waals surface area contributed by atoms with E-state index in [2.05, 4.69) is 31.0 Å². The Hall–Kier alpha value is -3.65. The lowest BCUT2D eigenvalue weighted by Gasteiger charge is -2.23. The van der Waals surface area contributed by atoms with Crippen molar-refractivity contribution in [2.45, 2.75) is 32.9 Å². The van der Waals surface area contributed by atoms with Crippen LogP contribution < -0.4 is 9.47 Å². The molecule has 2 aromatic carbocycles. The molecular formula is C26H26N4O3S. The van der Waals surface area contributed by atoms with Crippen molar-refractivity contribution in [1.29, 1.82) is 0 Å². The average Bonchev–Trinajstić information content (AvgIpc) is 3.59. The Labute approximate surface area is 202 Å². The van der Waals surface area contributed by atoms with Crippen molar-refractivity contribution in [3.8, 4) is 11.5 Å². The summed E-state index contributed by atoms with van der Waals surface area (Å²) >= 11 is 1.63. The van der Waals surface area contributed by atoms with Gasteiger partial charge in [0.05, 0.1) is 48.2 Å². The topological polar surface area (TPSA) is 69.0 Å². The number of fused-ring (bicyclic) bond motifs is 1. The van der Waals surface area contributed by atoms with Crippen LogP contribution in [0.5, 0.6) is 11.5 Å². The summed E-state index contributed by atoms with van der Waals surface area (Å²) in [4.78, 5) is 19.2. The zero-order valence-corrected chi connectivity index (χ0v) is 20.4. The molecule has 1 unspecified atom stereocenters. The maximum Gasteiger partial charge on any atom is 0.263 e. The molecule has 5 rings (SSSR count). The number of carbonyl (C=O) groups excluding carboxylic acids is 1. The van der Waals surface area contributed by atoms with Gasteiger partial charge in [-0.05, 0) is 66.2 Å². The highest BCUT2D eigenvalue weighted by atomic mass is 32.1. The van der Waals surface area contributed by atoms with E-state index in [0.29, 0.717) is 17.9 Å². The number of carbonyl (C=O) groups is 1. The number of imidazole rings is 1. The summed E-state index contributed by atoms with van der Waals surface area (Å²) in [6.07, 6.45) is 2.36. The molecule has 7 nitrogen and oxygen atoms in total. The summed E-state index contributed by atoms with van der Waals surface area (Å²) < 4.78 is 12.8. The molecule has 1 amide bonds. The van der Waals surface area contributed by atoms with E-state index >= 15 is 0 Å². The first kappa shape index (κ1) is 22.2. The number of hydrazone groups is 1. The van der Waals surface area contributed by atoms with E-state index in [9.17, 15) is 4.79 Å². The average molecular weight is 475 g/mol. The van der Waals surface area contributed by atoms with Crippen LogP contribution >= 0.6 is 11.3 Å². The summed E-state index contributed by atoms with van der Waals surface area (Å²) in [5.74, 6) is 1.18. The maximum absolute atomic E-state index is 13.6. The lowest BCUT2D eigenvalue weighted by Crippen LogP contribution is -2.30. The lowest BCUT2D eigenvalue weighted by molar-refractivity contribution is -0.133. The predicted octanol–water partition coefficient (Wildman–Crippen LogP) is 5.11. The van der Waals surface area contributed by atoms with Crippen LogP contribution in [-0.2, 0) is 11.3 Å². The van der Waals surface area contributed by atoms with E-state index < -0.39 is 0 Å². The molecule has 3 heterocycles. The fraction of sp³-hybridized carbons (Fsp3) is 0.269. The summed E-state index contributed by atoms with van der Waals surface area (Å²) in [5.41, 5.74) is 6.04. The van der Waals surface area contributed by atoms with Crippen LogP contribution in [0.25, 0.3) is 11.0 Å². The van der Waals surface area contributed by atoms with Crippen LogP contribution in [0.15, 0.2) is 59.3 Å². The quantitative estimate of drug-likeness (QED) is 0.389. The zero-order chi connectivity index (χ0) is 23.8. The molecule has 0 saturated carbocycles. The largest absolute Gasteiger partial charge is 0.493 e. The number of hydrogen-bond acceptors (Lipinski definition) is 6. The standard InChI is InChI=1S/C26H26N4O3S/c1-16-10-19-22(11-17(16)2)29(15-27-19)14-26(31)30-21(13-20(28-30)25-6-5-9-34-25)18-7-8-23(32-3)24(12-18)33-4/h5-12,15,21H,13-14H2,1-4H3. The highest BCUT2D eigenvalue weighted by molar-refractivity contribution is 7.12. The van der Waals surface area contributed by atoms with Gasteiger partial charge in [-0.3, -0.25) is 4.79 Å². The second-order valence-electron chi connectivity index (χ2n) is 8.39. The van der Waals surface area contributed by atoms with Crippen molar-refractivity contribution in [2.75, 3.05) is 14.2 Å². The van der Waals surface area contributed by atoms with E-state index in [-0.39, 0.29) is 18.5 Å². The Morgan fingerprint density at radius 2 is 1.88 bits per heavy atom. The van der Waals surface area contributed by atoms with Gasteiger partial charge in [-0.2, -0.15) is 5.10 Å². The van der Waals surface area contributed by atoms with E-state index in [4.69, 9.17) is 14.6 Å². The molecule has 0 N–H and O–H groups in total. The SMILES string of the molecule is COc1ccc(C2CC(c3cccs3)=NN2C(=O)Cn2cnc3cc(C)c(C)cc32)cc1OC. The minimum atomic E-state index is -0.233. The number of rotatable bonds is 6. The van der Waals surface area contributed by atoms with Crippen LogP contribution in [0.2, 0.25) is 0 Å². The van der Waals surface area contributed by atoms with Gasteiger partial charge in [-0.15, -0.1) is 11.3 Å². The molecule has 1 aliphatic heterocycles. The van der Waals surface area contributed by atoms with Gasteiger partial charge in [-0.1, -0.05) is 12.1 Å². The molecule has 34 heavy (non-hydrogen) atoms. The molecule has 0 aliphatic carbocycles. The van der Waals surface area contributed by atoms with E-state index in [1.54, 1.807) is 36.9 Å². The van der Waals surface area contributed by atoms with Crippen molar-refractivity contribution in [1.82, 2.24) is 14.6 Å². The Morgan fingerprint density at radius 1 is 1.09 bits per heavy atom. The Bertz CT molecular complexity index is 1390. The van der Waals surface area contributed by atoms with Gasteiger partial charge in [0.2, 0.25) is 0 Å². The van der Waals surface area contributed by atoms with Crippen LogP contribution in [0, 0.1) is 13.8 Å². The molecule has 0 spiro atoms. The number of methoxy groups -OCH3 is 2. The molecule has 1 atom stereocenters. The first-order chi connectivity index (χ1) is 16.5. The van der Waals surface area contributed by atoms with Crippen LogP contribution in [0.3, 0.4) is 0 Å². The highest BCUT2D eigenvalue weighted by Crippen LogP contribution is 2.38. The number of ether oxygens (including phenoxy) is 2. The molecule has 1 aliphatic rings. The third-order valence-electron chi connectivity index (χ3n) is 6.31. The Kier molecular flexibility index (Phi) is 5.83. The van der Waals surface area contributed by atoms with Crippen molar-refractivity contribution in [3.63, 3.8) is 0 Å². The fourth-order valence-electron chi connectivity index (χ4n) is 4.31. The summed E-state index contributed by atoms with van der Waals surface area (Å²) in [6, 6.07) is 13.7. The minimum absolute atomic E-state index is 0.0936. The van der Waals surface area contributed by atoms with Gasteiger partial charge >= 0.3 is 0 Å². The molecule has 2 aromatic heterocycles. The van der Waals surface area contributed by atoms with Gasteiger partial charge in [0.1, 0.15) is 6.54 Å². The third-order valence-corrected chi connectivity index (χ3v) is 7.22. The van der Waals surface area contributed by atoms with Gasteiger partial charge in [0.25, 0.3) is 5.91 Å². The van der Waals surface area contributed by atoms with Crippen LogP contribution in [0.1, 0.15) is 34.0 Å². The number of aromatic nitrogens is 2. The molecule has 174 valence electrons. The van der Waals surface area contributed by atoms with Gasteiger partial charge < -0.3 is 14.0 Å². The second kappa shape index (κ2) is 8.95. The van der Waals surface area contributed by atoms with Crippen molar-refractivity contribution in [2.24, 2.45) is 5.10 Å². The predicted molar refractivity (Wildman–Crippen MR) is 134 cm³/mol. The molecule has 0 radical (unpaired) electrons. The van der Waals surface area contributed by atoms with Gasteiger partial charge in [-0.25, -0.2) is 9.99 Å². The van der Waals surface area contributed by atoms with Crippen molar-refractivity contribution < 1.29 is 14.3 Å². The molecule has 0 saturated heterocycles. The second-order valence-corrected chi connectivity index (χ2v) is 9.34. The molecular weight excluding hydrogens is 448 g/mol. The fourth-order valence-corrected chi connectivity index (χ4v) is 5.03. The Morgan fingerprint density at radius 3 is 2.62 bits per heavy atom. The maximum atomic E-state index is 13.6. The highest BCUT2D eigenvalue weighted by Gasteiger charge is 2.34. The van der Waals surface area contributed by atoms with Gasteiger partial charge in [0.15, 0.2) is 11.5 Å². The smallest absolute Gasteiger partial charge is 0.263 e.